The summed E-state index contributed by atoms with van der Waals surface area (Å²) in [6, 6.07) is 13.9. The zero-order valence-corrected chi connectivity index (χ0v) is 11.2. The highest BCUT2D eigenvalue weighted by atomic mass is 16.4. The van der Waals surface area contributed by atoms with Crippen LogP contribution in [0.25, 0.3) is 6.08 Å². The van der Waals surface area contributed by atoms with Crippen molar-refractivity contribution in [3.63, 3.8) is 0 Å². The number of amidine groups is 1. The van der Waals surface area contributed by atoms with Crippen LogP contribution < -0.4 is 11.5 Å². The Morgan fingerprint density at radius 2 is 1.90 bits per heavy atom. The number of allylic oxidation sites excluding steroid dienone is 1. The molecule has 0 spiro atoms. The van der Waals surface area contributed by atoms with Gasteiger partial charge >= 0.3 is 0 Å². The molecule has 0 unspecified atom stereocenters. The normalized spacial score (nSPS) is 11.7. The van der Waals surface area contributed by atoms with Crippen LogP contribution in [0.1, 0.15) is 21.5 Å². The Balaban J connectivity index is 2.22. The van der Waals surface area contributed by atoms with Crippen molar-refractivity contribution in [1.29, 1.82) is 0 Å². The molecule has 0 atom stereocenters. The molecule has 0 saturated heterocycles. The minimum Gasteiger partial charge on any atom is -0.409 e. The molecule has 2 aromatic rings. The van der Waals surface area contributed by atoms with Crippen LogP contribution >= 0.6 is 0 Å². The number of ketones is 1. The predicted octanol–water partition coefficient (Wildman–Crippen LogP) is 2.26. The molecule has 0 heterocycles. The van der Waals surface area contributed by atoms with E-state index in [2.05, 4.69) is 5.16 Å². The van der Waals surface area contributed by atoms with Gasteiger partial charge in [0.2, 0.25) is 0 Å². The predicted molar refractivity (Wildman–Crippen MR) is 83.2 cm³/mol. The number of hydrogen-bond donors (Lipinski definition) is 3. The third-order valence-corrected chi connectivity index (χ3v) is 2.94. The van der Waals surface area contributed by atoms with Crippen molar-refractivity contribution in [2.45, 2.75) is 0 Å². The molecule has 2 aromatic carbocycles. The number of benzene rings is 2. The van der Waals surface area contributed by atoms with Gasteiger partial charge in [-0.2, -0.15) is 0 Å². The van der Waals surface area contributed by atoms with Crippen LogP contribution in [-0.2, 0) is 0 Å². The number of anilines is 1. The molecule has 0 aliphatic carbocycles. The van der Waals surface area contributed by atoms with Crippen LogP contribution in [0.15, 0.2) is 59.8 Å². The highest BCUT2D eigenvalue weighted by Crippen LogP contribution is 2.13. The summed E-state index contributed by atoms with van der Waals surface area (Å²) in [5.41, 5.74) is 13.5. The van der Waals surface area contributed by atoms with Crippen LogP contribution in [0.5, 0.6) is 0 Å². The lowest BCUT2D eigenvalue weighted by molar-refractivity contribution is 0.104. The highest BCUT2D eigenvalue weighted by molar-refractivity contribution is 6.10. The van der Waals surface area contributed by atoms with Crippen LogP contribution in [0.2, 0.25) is 0 Å². The molecule has 21 heavy (non-hydrogen) atoms. The molecule has 0 saturated carbocycles. The number of hydrogen-bond acceptors (Lipinski definition) is 4. The second kappa shape index (κ2) is 6.38. The lowest BCUT2D eigenvalue weighted by Crippen LogP contribution is -2.12. The Kier molecular flexibility index (Phi) is 4.36. The monoisotopic (exact) mass is 281 g/mol. The molecule has 0 aliphatic heterocycles. The Morgan fingerprint density at radius 1 is 1.14 bits per heavy atom. The van der Waals surface area contributed by atoms with Gasteiger partial charge in [0, 0.05) is 16.8 Å². The number of rotatable bonds is 4. The maximum absolute atomic E-state index is 12.1. The van der Waals surface area contributed by atoms with Crippen molar-refractivity contribution in [1.82, 2.24) is 0 Å². The first-order chi connectivity index (χ1) is 10.1. The minimum atomic E-state index is -0.178. The van der Waals surface area contributed by atoms with E-state index in [9.17, 15) is 4.79 Å². The van der Waals surface area contributed by atoms with Crippen LogP contribution in [0, 0.1) is 0 Å². The Labute approximate surface area is 122 Å². The maximum atomic E-state index is 12.1. The number of nitrogens with zero attached hydrogens (tertiary/aromatic N) is 1. The molecule has 0 amide bonds. The van der Waals surface area contributed by atoms with Gasteiger partial charge in [-0.15, -0.1) is 0 Å². The van der Waals surface area contributed by atoms with Gasteiger partial charge < -0.3 is 16.7 Å². The summed E-state index contributed by atoms with van der Waals surface area (Å²) in [7, 11) is 0. The van der Waals surface area contributed by atoms with Gasteiger partial charge in [0.15, 0.2) is 11.6 Å². The largest absolute Gasteiger partial charge is 0.409 e. The molecule has 5 nitrogen and oxygen atoms in total. The topological polar surface area (TPSA) is 102 Å². The van der Waals surface area contributed by atoms with Gasteiger partial charge in [-0.05, 0) is 29.8 Å². The van der Waals surface area contributed by atoms with E-state index >= 15 is 0 Å². The van der Waals surface area contributed by atoms with E-state index in [1.54, 1.807) is 48.5 Å². The first kappa shape index (κ1) is 14.3. The summed E-state index contributed by atoms with van der Waals surface area (Å²) in [5, 5.41) is 11.6. The summed E-state index contributed by atoms with van der Waals surface area (Å²) >= 11 is 0. The van der Waals surface area contributed by atoms with E-state index < -0.39 is 0 Å². The summed E-state index contributed by atoms with van der Waals surface area (Å²) in [6.07, 6.45) is 3.10. The van der Waals surface area contributed by atoms with Crippen molar-refractivity contribution >= 4 is 23.4 Å². The standard InChI is InChI=1S/C16H15N3O2/c17-14-7-2-1-6-13(14)15(20)9-8-11-4-3-5-12(10-11)16(18)19-21/h1-10,21H,17H2,(H2,18,19)/b9-8+. The van der Waals surface area contributed by atoms with E-state index in [0.29, 0.717) is 16.8 Å². The van der Waals surface area contributed by atoms with Gasteiger partial charge in [0.1, 0.15) is 0 Å². The van der Waals surface area contributed by atoms with E-state index in [-0.39, 0.29) is 11.6 Å². The fourth-order valence-corrected chi connectivity index (χ4v) is 1.84. The molecule has 5 heteroatoms. The van der Waals surface area contributed by atoms with Crippen LogP contribution in [0.3, 0.4) is 0 Å². The quantitative estimate of drug-likeness (QED) is 0.152. The van der Waals surface area contributed by atoms with Crippen molar-refractivity contribution in [2.24, 2.45) is 10.9 Å². The Hall–Kier alpha value is -3.08. The van der Waals surface area contributed by atoms with Gasteiger partial charge in [-0.1, -0.05) is 41.6 Å². The molecule has 0 aliphatic rings. The number of nitrogens with two attached hydrogens (primary N) is 2. The molecule has 0 bridgehead atoms. The molecular weight excluding hydrogens is 266 g/mol. The van der Waals surface area contributed by atoms with Gasteiger partial charge in [-0.25, -0.2) is 0 Å². The molecule has 0 radical (unpaired) electrons. The van der Waals surface area contributed by atoms with E-state index in [4.69, 9.17) is 16.7 Å². The fraction of sp³-hybridized carbons (Fsp3) is 0. The summed E-state index contributed by atoms with van der Waals surface area (Å²) in [6.45, 7) is 0. The number of para-hydroxylation sites is 1. The average molecular weight is 281 g/mol. The summed E-state index contributed by atoms with van der Waals surface area (Å²) in [5.74, 6) is -0.161. The number of carbonyl (C=O) groups excluding carboxylic acids is 1. The smallest absolute Gasteiger partial charge is 0.187 e. The average Bonchev–Trinajstić information content (AvgIpc) is 2.52. The third kappa shape index (κ3) is 3.48. The number of oxime groups is 1. The molecule has 0 aromatic heterocycles. The van der Waals surface area contributed by atoms with Gasteiger partial charge in [-0.3, -0.25) is 4.79 Å². The van der Waals surface area contributed by atoms with Crippen molar-refractivity contribution in [3.05, 3.63) is 71.3 Å². The van der Waals surface area contributed by atoms with Crippen molar-refractivity contribution in [3.8, 4) is 0 Å². The zero-order chi connectivity index (χ0) is 15.2. The molecule has 0 fully saturated rings. The molecule has 2 rings (SSSR count). The summed E-state index contributed by atoms with van der Waals surface area (Å²) in [4.78, 5) is 12.1. The van der Waals surface area contributed by atoms with Crippen molar-refractivity contribution < 1.29 is 10.0 Å². The summed E-state index contributed by atoms with van der Waals surface area (Å²) < 4.78 is 0. The van der Waals surface area contributed by atoms with Crippen LogP contribution in [-0.4, -0.2) is 16.8 Å². The second-order valence-corrected chi connectivity index (χ2v) is 4.40. The minimum absolute atomic E-state index is 0.0175. The third-order valence-electron chi connectivity index (χ3n) is 2.94. The number of carbonyl (C=O) groups is 1. The van der Waals surface area contributed by atoms with Crippen molar-refractivity contribution in [2.75, 3.05) is 5.73 Å². The Morgan fingerprint density at radius 3 is 2.62 bits per heavy atom. The second-order valence-electron chi connectivity index (χ2n) is 4.40. The lowest BCUT2D eigenvalue weighted by atomic mass is 10.1. The number of nitrogen functional groups attached to an aromatic ring is 1. The first-order valence-corrected chi connectivity index (χ1v) is 6.26. The molecule has 5 N–H and O–H groups in total. The first-order valence-electron chi connectivity index (χ1n) is 6.26. The SMILES string of the molecule is N/C(=N\O)c1cccc(/C=C/C(=O)c2ccccc2N)c1. The maximum Gasteiger partial charge on any atom is 0.187 e. The van der Waals surface area contributed by atoms with E-state index in [1.165, 1.54) is 6.08 Å². The highest BCUT2D eigenvalue weighted by Gasteiger charge is 2.05. The van der Waals surface area contributed by atoms with E-state index in [1.807, 2.05) is 6.07 Å². The van der Waals surface area contributed by atoms with Gasteiger partial charge in [0.25, 0.3) is 0 Å². The van der Waals surface area contributed by atoms with Gasteiger partial charge in [0.05, 0.1) is 0 Å². The lowest BCUT2D eigenvalue weighted by Gasteiger charge is -2.01. The molecule has 106 valence electrons. The fourth-order valence-electron chi connectivity index (χ4n) is 1.84. The van der Waals surface area contributed by atoms with Crippen LogP contribution in [0.4, 0.5) is 5.69 Å². The Bertz CT molecular complexity index is 721. The molecular formula is C16H15N3O2. The zero-order valence-electron chi connectivity index (χ0n) is 11.2. The van der Waals surface area contributed by atoms with E-state index in [0.717, 1.165) is 5.56 Å².